The average molecular weight is 240 g/mol. The molecule has 0 aliphatic carbocycles. The zero-order valence-electron chi connectivity index (χ0n) is 11.5. The molecule has 16 heavy (non-hydrogen) atoms. The van der Waals surface area contributed by atoms with Crippen molar-refractivity contribution in [3.8, 4) is 12.3 Å². The molecule has 1 unspecified atom stereocenters. The molecule has 0 saturated heterocycles. The molecule has 0 fully saturated rings. The van der Waals surface area contributed by atoms with Crippen molar-refractivity contribution >= 4 is 8.32 Å². The zero-order chi connectivity index (χ0) is 12.4. The van der Waals surface area contributed by atoms with Gasteiger partial charge in [-0.05, 0) is 26.1 Å². The summed E-state index contributed by atoms with van der Waals surface area (Å²) >= 11 is 0. The van der Waals surface area contributed by atoms with Crippen molar-refractivity contribution in [3.63, 3.8) is 0 Å². The van der Waals surface area contributed by atoms with Crippen molar-refractivity contribution in [2.45, 2.75) is 77.6 Å². The van der Waals surface area contributed by atoms with Crippen LogP contribution >= 0.6 is 0 Å². The van der Waals surface area contributed by atoms with E-state index in [1.54, 1.807) is 0 Å². The molecule has 0 bridgehead atoms. The van der Waals surface area contributed by atoms with Gasteiger partial charge in [0.1, 0.15) is 6.10 Å². The maximum atomic E-state index is 5.92. The molecule has 94 valence electrons. The Balaban J connectivity index is 3.55. The Morgan fingerprint density at radius 2 is 1.69 bits per heavy atom. The SMILES string of the molecule is C#CC(C)O[Si](C)(C)CCCCCCCC. The maximum absolute atomic E-state index is 5.92. The Bertz CT molecular complexity index is 205. The second kappa shape index (κ2) is 8.84. The van der Waals surface area contributed by atoms with Crippen LogP contribution in [0.1, 0.15) is 52.4 Å². The third-order valence-corrected chi connectivity index (χ3v) is 5.41. The second-order valence-electron chi connectivity index (χ2n) is 5.20. The summed E-state index contributed by atoms with van der Waals surface area (Å²) < 4.78 is 5.92. The summed E-state index contributed by atoms with van der Waals surface area (Å²) in [6.45, 7) is 8.76. The lowest BCUT2D eigenvalue weighted by atomic mass is 10.1. The average Bonchev–Trinajstić information content (AvgIpc) is 2.22. The molecule has 0 aromatic heterocycles. The number of hydrogen-bond donors (Lipinski definition) is 0. The van der Waals surface area contributed by atoms with Crippen LogP contribution in [0.3, 0.4) is 0 Å². The lowest BCUT2D eigenvalue weighted by Crippen LogP contribution is -2.33. The Kier molecular flexibility index (Phi) is 8.69. The molecule has 0 rings (SSSR count). The summed E-state index contributed by atoms with van der Waals surface area (Å²) in [5.41, 5.74) is 0. The smallest absolute Gasteiger partial charge is 0.188 e. The van der Waals surface area contributed by atoms with E-state index in [0.29, 0.717) is 0 Å². The van der Waals surface area contributed by atoms with Gasteiger partial charge in [-0.1, -0.05) is 51.4 Å². The molecule has 0 N–H and O–H groups in total. The third kappa shape index (κ3) is 9.00. The van der Waals surface area contributed by atoms with Gasteiger partial charge < -0.3 is 4.43 Å². The van der Waals surface area contributed by atoms with E-state index in [9.17, 15) is 0 Å². The second-order valence-corrected chi connectivity index (χ2v) is 9.46. The Hall–Kier alpha value is -0.263. The van der Waals surface area contributed by atoms with Crippen molar-refractivity contribution in [2.75, 3.05) is 0 Å². The van der Waals surface area contributed by atoms with Gasteiger partial charge >= 0.3 is 0 Å². The first-order chi connectivity index (χ1) is 7.52. The van der Waals surface area contributed by atoms with E-state index in [0.717, 1.165) is 0 Å². The van der Waals surface area contributed by atoms with Gasteiger partial charge in [-0.15, -0.1) is 6.42 Å². The monoisotopic (exact) mass is 240 g/mol. The Labute approximate surface area is 103 Å². The highest BCUT2D eigenvalue weighted by Gasteiger charge is 2.23. The van der Waals surface area contributed by atoms with Crippen LogP contribution in [0.25, 0.3) is 0 Å². The van der Waals surface area contributed by atoms with Crippen molar-refractivity contribution in [3.05, 3.63) is 0 Å². The fraction of sp³-hybridized carbons (Fsp3) is 0.857. The van der Waals surface area contributed by atoms with Gasteiger partial charge in [0, 0.05) is 0 Å². The van der Waals surface area contributed by atoms with Crippen LogP contribution in [0, 0.1) is 12.3 Å². The highest BCUT2D eigenvalue weighted by molar-refractivity contribution is 6.71. The van der Waals surface area contributed by atoms with Crippen molar-refractivity contribution in [1.82, 2.24) is 0 Å². The van der Waals surface area contributed by atoms with Gasteiger partial charge in [-0.3, -0.25) is 0 Å². The molecule has 1 atom stereocenters. The van der Waals surface area contributed by atoms with E-state index < -0.39 is 8.32 Å². The van der Waals surface area contributed by atoms with Crippen LogP contribution in [-0.2, 0) is 4.43 Å². The highest BCUT2D eigenvalue weighted by atomic mass is 28.4. The van der Waals surface area contributed by atoms with Gasteiger partial charge in [0.05, 0.1) is 0 Å². The first-order valence-electron chi connectivity index (χ1n) is 6.66. The normalized spacial score (nSPS) is 13.4. The summed E-state index contributed by atoms with van der Waals surface area (Å²) in [7, 11) is -1.50. The van der Waals surface area contributed by atoms with E-state index >= 15 is 0 Å². The molecule has 0 aromatic carbocycles. The first kappa shape index (κ1) is 15.7. The standard InChI is InChI=1S/C14H28OSi/c1-6-8-9-10-11-12-13-16(4,5)15-14(3)7-2/h2,14H,6,8-13H2,1,3-5H3. The number of unbranched alkanes of at least 4 members (excludes halogenated alkanes) is 5. The van der Waals surface area contributed by atoms with Gasteiger partial charge in [0.25, 0.3) is 0 Å². The molecule has 0 saturated carbocycles. The first-order valence-corrected chi connectivity index (χ1v) is 9.77. The van der Waals surface area contributed by atoms with Crippen molar-refractivity contribution in [1.29, 1.82) is 0 Å². The summed E-state index contributed by atoms with van der Waals surface area (Å²) in [4.78, 5) is 0. The summed E-state index contributed by atoms with van der Waals surface area (Å²) in [6, 6.07) is 1.24. The predicted molar refractivity (Wildman–Crippen MR) is 75.0 cm³/mol. The van der Waals surface area contributed by atoms with Crippen LogP contribution in [0.5, 0.6) is 0 Å². The van der Waals surface area contributed by atoms with Crippen LogP contribution < -0.4 is 0 Å². The molecule has 0 heterocycles. The summed E-state index contributed by atoms with van der Waals surface area (Å²) in [5.74, 6) is 2.65. The van der Waals surface area contributed by atoms with Gasteiger partial charge in [0.2, 0.25) is 0 Å². The minimum absolute atomic E-state index is 0.0123. The Morgan fingerprint density at radius 3 is 2.25 bits per heavy atom. The van der Waals surface area contributed by atoms with Gasteiger partial charge in [-0.2, -0.15) is 0 Å². The number of rotatable bonds is 9. The minimum Gasteiger partial charge on any atom is -0.404 e. The lowest BCUT2D eigenvalue weighted by Gasteiger charge is -2.24. The van der Waals surface area contributed by atoms with E-state index in [-0.39, 0.29) is 6.10 Å². The molecule has 0 aromatic rings. The highest BCUT2D eigenvalue weighted by Crippen LogP contribution is 2.18. The van der Waals surface area contributed by atoms with Crippen LogP contribution in [0.15, 0.2) is 0 Å². The molecule has 0 aliphatic rings. The fourth-order valence-corrected chi connectivity index (χ4v) is 4.15. The van der Waals surface area contributed by atoms with Crippen LogP contribution in [-0.4, -0.2) is 14.4 Å². The molecule has 0 spiro atoms. The minimum atomic E-state index is -1.50. The van der Waals surface area contributed by atoms with Gasteiger partial charge in [-0.25, -0.2) is 0 Å². The van der Waals surface area contributed by atoms with E-state index in [1.165, 1.54) is 44.6 Å². The molecule has 1 nitrogen and oxygen atoms in total. The van der Waals surface area contributed by atoms with Crippen molar-refractivity contribution in [2.24, 2.45) is 0 Å². The largest absolute Gasteiger partial charge is 0.404 e. The summed E-state index contributed by atoms with van der Waals surface area (Å²) in [6.07, 6.45) is 13.5. The maximum Gasteiger partial charge on any atom is 0.188 e. The molecule has 0 radical (unpaired) electrons. The third-order valence-electron chi connectivity index (χ3n) is 2.86. The topological polar surface area (TPSA) is 9.23 Å². The molecule has 2 heteroatoms. The molecule has 0 amide bonds. The van der Waals surface area contributed by atoms with E-state index in [1.807, 2.05) is 6.92 Å². The van der Waals surface area contributed by atoms with E-state index in [4.69, 9.17) is 10.8 Å². The lowest BCUT2D eigenvalue weighted by molar-refractivity contribution is 0.267. The fourth-order valence-electron chi connectivity index (χ4n) is 1.90. The molecule has 0 aliphatic heterocycles. The predicted octanol–water partition coefficient (Wildman–Crippen LogP) is 4.59. The number of terminal acetylenes is 1. The van der Waals surface area contributed by atoms with Crippen LogP contribution in [0.4, 0.5) is 0 Å². The van der Waals surface area contributed by atoms with Crippen molar-refractivity contribution < 1.29 is 4.43 Å². The Morgan fingerprint density at radius 1 is 1.12 bits per heavy atom. The summed E-state index contributed by atoms with van der Waals surface area (Å²) in [5, 5.41) is 0. The van der Waals surface area contributed by atoms with E-state index in [2.05, 4.69) is 25.9 Å². The quantitative estimate of drug-likeness (QED) is 0.325. The number of hydrogen-bond acceptors (Lipinski definition) is 1. The molecular formula is C14H28OSi. The molecular weight excluding hydrogens is 212 g/mol. The zero-order valence-corrected chi connectivity index (χ0v) is 12.5. The van der Waals surface area contributed by atoms with Gasteiger partial charge in [0.15, 0.2) is 8.32 Å². The van der Waals surface area contributed by atoms with Crippen LogP contribution in [0.2, 0.25) is 19.1 Å².